The van der Waals surface area contributed by atoms with Gasteiger partial charge in [0.25, 0.3) is 0 Å². The zero-order valence-corrected chi connectivity index (χ0v) is 14.2. The number of ether oxygens (including phenoxy) is 2. The quantitative estimate of drug-likeness (QED) is 0.755. The first-order valence-corrected chi connectivity index (χ1v) is 8.19. The van der Waals surface area contributed by atoms with E-state index in [0.29, 0.717) is 19.6 Å². The van der Waals surface area contributed by atoms with Crippen molar-refractivity contribution in [1.29, 1.82) is 0 Å². The predicted octanol–water partition coefficient (Wildman–Crippen LogP) is 0.345. The highest BCUT2D eigenvalue weighted by Gasteiger charge is 2.28. The SMILES string of the molecule is CCc1c(C)nn(CC(=O)N[C@@H]2CCOC[C@H]2OCCO)c1C. The van der Waals surface area contributed by atoms with Crippen LogP contribution in [-0.4, -0.2) is 59.4 Å². The molecule has 1 aromatic rings. The third kappa shape index (κ3) is 4.53. The summed E-state index contributed by atoms with van der Waals surface area (Å²) in [6, 6.07) is -0.0922. The van der Waals surface area contributed by atoms with Crippen LogP contribution >= 0.6 is 0 Å². The second-order valence-corrected chi connectivity index (χ2v) is 5.83. The molecule has 0 saturated carbocycles. The Morgan fingerprint density at radius 2 is 2.30 bits per heavy atom. The van der Waals surface area contributed by atoms with Gasteiger partial charge in [-0.2, -0.15) is 5.10 Å². The van der Waals surface area contributed by atoms with Crippen LogP contribution in [0.25, 0.3) is 0 Å². The summed E-state index contributed by atoms with van der Waals surface area (Å²) in [6.07, 6.45) is 1.40. The van der Waals surface area contributed by atoms with Crippen molar-refractivity contribution in [3.05, 3.63) is 17.0 Å². The molecule has 0 bridgehead atoms. The van der Waals surface area contributed by atoms with Crippen LogP contribution in [0.4, 0.5) is 0 Å². The lowest BCUT2D eigenvalue weighted by atomic mass is 10.1. The van der Waals surface area contributed by atoms with Gasteiger partial charge in [-0.3, -0.25) is 9.48 Å². The van der Waals surface area contributed by atoms with Crippen molar-refractivity contribution >= 4 is 5.91 Å². The fourth-order valence-electron chi connectivity index (χ4n) is 3.03. The number of carbonyl (C=O) groups is 1. The topological polar surface area (TPSA) is 85.6 Å². The molecule has 2 atom stereocenters. The zero-order valence-electron chi connectivity index (χ0n) is 14.2. The monoisotopic (exact) mass is 325 g/mol. The highest BCUT2D eigenvalue weighted by molar-refractivity contribution is 5.76. The Morgan fingerprint density at radius 3 is 2.96 bits per heavy atom. The van der Waals surface area contributed by atoms with Crippen LogP contribution in [0.1, 0.15) is 30.3 Å². The number of aromatic nitrogens is 2. The average molecular weight is 325 g/mol. The van der Waals surface area contributed by atoms with Crippen molar-refractivity contribution in [3.8, 4) is 0 Å². The molecule has 1 aromatic heterocycles. The van der Waals surface area contributed by atoms with Crippen molar-refractivity contribution in [2.24, 2.45) is 0 Å². The Bertz CT molecular complexity index is 530. The molecule has 1 amide bonds. The minimum Gasteiger partial charge on any atom is -0.394 e. The maximum absolute atomic E-state index is 12.3. The second kappa shape index (κ2) is 8.42. The largest absolute Gasteiger partial charge is 0.394 e. The Hall–Kier alpha value is -1.44. The molecular weight excluding hydrogens is 298 g/mol. The highest BCUT2D eigenvalue weighted by Crippen LogP contribution is 2.14. The Morgan fingerprint density at radius 1 is 1.52 bits per heavy atom. The first kappa shape index (κ1) is 17.9. The lowest BCUT2D eigenvalue weighted by molar-refractivity contribution is -0.127. The minimum atomic E-state index is -0.216. The van der Waals surface area contributed by atoms with E-state index in [0.717, 1.165) is 17.8 Å². The van der Waals surface area contributed by atoms with E-state index in [-0.39, 0.29) is 37.8 Å². The molecule has 0 spiro atoms. The molecule has 130 valence electrons. The van der Waals surface area contributed by atoms with Crippen LogP contribution in [-0.2, 0) is 27.2 Å². The molecule has 2 N–H and O–H groups in total. The third-order valence-corrected chi connectivity index (χ3v) is 4.25. The Kier molecular flexibility index (Phi) is 6.56. The van der Waals surface area contributed by atoms with Gasteiger partial charge in [0.2, 0.25) is 5.91 Å². The van der Waals surface area contributed by atoms with E-state index in [4.69, 9.17) is 14.6 Å². The average Bonchev–Trinajstić information content (AvgIpc) is 2.79. The molecule has 23 heavy (non-hydrogen) atoms. The molecule has 0 unspecified atom stereocenters. The number of carbonyl (C=O) groups excluding carboxylic acids is 1. The van der Waals surface area contributed by atoms with Gasteiger partial charge in [0.1, 0.15) is 12.6 Å². The van der Waals surface area contributed by atoms with Gasteiger partial charge in [-0.15, -0.1) is 0 Å². The summed E-state index contributed by atoms with van der Waals surface area (Å²) in [6.45, 7) is 7.50. The van der Waals surface area contributed by atoms with Gasteiger partial charge in [0.15, 0.2) is 0 Å². The molecule has 1 aliphatic heterocycles. The van der Waals surface area contributed by atoms with Crippen molar-refractivity contribution in [3.63, 3.8) is 0 Å². The minimum absolute atomic E-state index is 0.0390. The summed E-state index contributed by atoms with van der Waals surface area (Å²) in [5.74, 6) is -0.0808. The maximum atomic E-state index is 12.3. The van der Waals surface area contributed by atoms with E-state index in [2.05, 4.69) is 17.3 Å². The molecule has 1 saturated heterocycles. The van der Waals surface area contributed by atoms with Gasteiger partial charge in [-0.05, 0) is 32.3 Å². The molecule has 2 rings (SSSR count). The third-order valence-electron chi connectivity index (χ3n) is 4.25. The van der Waals surface area contributed by atoms with E-state index in [9.17, 15) is 4.79 Å². The fourth-order valence-corrected chi connectivity index (χ4v) is 3.03. The molecule has 1 aliphatic rings. The molecular formula is C16H27N3O4. The molecule has 7 heteroatoms. The van der Waals surface area contributed by atoms with Gasteiger partial charge in [-0.25, -0.2) is 0 Å². The molecule has 0 aliphatic carbocycles. The molecule has 0 radical (unpaired) electrons. The van der Waals surface area contributed by atoms with Crippen LogP contribution < -0.4 is 5.32 Å². The smallest absolute Gasteiger partial charge is 0.242 e. The predicted molar refractivity (Wildman–Crippen MR) is 85.3 cm³/mol. The van der Waals surface area contributed by atoms with Crippen LogP contribution in [0.15, 0.2) is 0 Å². The van der Waals surface area contributed by atoms with Crippen LogP contribution in [0, 0.1) is 13.8 Å². The molecule has 2 heterocycles. The van der Waals surface area contributed by atoms with E-state index in [1.165, 1.54) is 5.56 Å². The molecule has 7 nitrogen and oxygen atoms in total. The lowest BCUT2D eigenvalue weighted by Crippen LogP contribution is -2.51. The summed E-state index contributed by atoms with van der Waals surface area (Å²) in [5, 5.41) is 16.3. The van der Waals surface area contributed by atoms with Gasteiger partial charge < -0.3 is 19.9 Å². The Balaban J connectivity index is 1.95. The number of hydrogen-bond donors (Lipinski definition) is 2. The van der Waals surface area contributed by atoms with Gasteiger partial charge in [0, 0.05) is 12.3 Å². The van der Waals surface area contributed by atoms with Gasteiger partial charge >= 0.3 is 0 Å². The number of nitrogens with zero attached hydrogens (tertiary/aromatic N) is 2. The Labute approximate surface area is 137 Å². The number of amides is 1. The fraction of sp³-hybridized carbons (Fsp3) is 0.750. The molecule has 0 aromatic carbocycles. The molecule has 1 fully saturated rings. The first-order chi connectivity index (χ1) is 11.1. The summed E-state index contributed by atoms with van der Waals surface area (Å²) in [5.41, 5.74) is 3.22. The maximum Gasteiger partial charge on any atom is 0.242 e. The van der Waals surface area contributed by atoms with Crippen molar-refractivity contribution in [2.75, 3.05) is 26.4 Å². The number of hydrogen-bond acceptors (Lipinski definition) is 5. The van der Waals surface area contributed by atoms with E-state index in [1.807, 2.05) is 13.8 Å². The lowest BCUT2D eigenvalue weighted by Gasteiger charge is -2.32. The van der Waals surface area contributed by atoms with Crippen molar-refractivity contribution in [1.82, 2.24) is 15.1 Å². The van der Waals surface area contributed by atoms with E-state index < -0.39 is 0 Å². The van der Waals surface area contributed by atoms with Crippen LogP contribution in [0.2, 0.25) is 0 Å². The summed E-state index contributed by atoms with van der Waals surface area (Å²) >= 11 is 0. The highest BCUT2D eigenvalue weighted by atomic mass is 16.5. The van der Waals surface area contributed by atoms with E-state index in [1.54, 1.807) is 4.68 Å². The van der Waals surface area contributed by atoms with Gasteiger partial charge in [-0.1, -0.05) is 6.92 Å². The van der Waals surface area contributed by atoms with Crippen molar-refractivity contribution < 1.29 is 19.4 Å². The number of rotatable bonds is 7. The zero-order chi connectivity index (χ0) is 16.8. The number of aliphatic hydroxyl groups is 1. The van der Waals surface area contributed by atoms with Crippen molar-refractivity contribution in [2.45, 2.75) is 52.3 Å². The summed E-state index contributed by atoms with van der Waals surface area (Å²) < 4.78 is 12.7. The van der Waals surface area contributed by atoms with E-state index >= 15 is 0 Å². The number of aryl methyl sites for hydroxylation is 1. The number of nitrogens with one attached hydrogen (secondary N) is 1. The standard InChI is InChI=1S/C16H27N3O4/c1-4-13-11(2)18-19(12(13)3)9-16(21)17-14-5-7-22-10-15(14)23-8-6-20/h14-15,20H,4-10H2,1-3H3,(H,17,21)/t14-,15-/m1/s1. The summed E-state index contributed by atoms with van der Waals surface area (Å²) in [7, 11) is 0. The first-order valence-electron chi connectivity index (χ1n) is 8.19. The van der Waals surface area contributed by atoms with Crippen LogP contribution in [0.3, 0.4) is 0 Å². The van der Waals surface area contributed by atoms with Gasteiger partial charge in [0.05, 0.1) is 31.6 Å². The summed E-state index contributed by atoms with van der Waals surface area (Å²) in [4.78, 5) is 12.3. The van der Waals surface area contributed by atoms with Crippen LogP contribution in [0.5, 0.6) is 0 Å². The normalized spacial score (nSPS) is 21.4. The second-order valence-electron chi connectivity index (χ2n) is 5.83. The number of aliphatic hydroxyl groups excluding tert-OH is 1.